The fraction of sp³-hybridized carbons (Fsp3) is 0.548. The highest BCUT2D eigenvalue weighted by molar-refractivity contribution is 6.27. The number of hydrogen-bond donors (Lipinski definition) is 1. The smallest absolute Gasteiger partial charge is 0.247 e. The van der Waals surface area contributed by atoms with E-state index in [0.29, 0.717) is 47.5 Å². The number of carbonyl (C=O) groups excluding carboxylic acids is 2. The fourth-order valence-electron chi connectivity index (χ4n) is 5.10. The molecule has 220 valence electrons. The predicted octanol–water partition coefficient (Wildman–Crippen LogP) is 5.55. The van der Waals surface area contributed by atoms with Gasteiger partial charge in [0.2, 0.25) is 11.8 Å². The molecule has 0 heterocycles. The Hall–Kier alpha value is -3.13. The SMILES string of the molecule is CCCOc1ccc([C@H](C(=O)NC2CCC(C)CC2)N(CCc2ccc(OC)c(OC)c2)C(=O)CCl)cc1OC. The van der Waals surface area contributed by atoms with Gasteiger partial charge in [-0.25, -0.2) is 0 Å². The standard InChI is InChI=1S/C31H43ClN2O6/c1-6-17-40-26-14-10-23(19-28(26)39-5)30(31(36)33-24-11-7-21(2)8-12-24)34(29(35)20-32)16-15-22-9-13-25(37-3)27(18-22)38-4/h9-10,13-14,18-19,21,24,30H,6-8,11-12,15-17,20H2,1-5H3,(H,33,36)/t21?,24?,30-/m1/s1. The molecule has 1 saturated carbocycles. The van der Waals surface area contributed by atoms with Crippen molar-refractivity contribution in [3.63, 3.8) is 0 Å². The van der Waals surface area contributed by atoms with Crippen LogP contribution in [-0.4, -0.2) is 63.1 Å². The monoisotopic (exact) mass is 574 g/mol. The van der Waals surface area contributed by atoms with Crippen LogP contribution in [0.5, 0.6) is 23.0 Å². The summed E-state index contributed by atoms with van der Waals surface area (Å²) in [6, 6.07) is 10.2. The van der Waals surface area contributed by atoms with Crippen molar-refractivity contribution in [2.75, 3.05) is 40.4 Å². The van der Waals surface area contributed by atoms with Crippen molar-refractivity contribution >= 4 is 23.4 Å². The Morgan fingerprint density at radius 3 is 2.23 bits per heavy atom. The zero-order valence-corrected chi connectivity index (χ0v) is 25.1. The third-order valence-electron chi connectivity index (χ3n) is 7.41. The van der Waals surface area contributed by atoms with Crippen molar-refractivity contribution in [3.8, 4) is 23.0 Å². The van der Waals surface area contributed by atoms with Crippen molar-refractivity contribution in [2.24, 2.45) is 5.92 Å². The molecule has 0 aliphatic heterocycles. The molecule has 3 rings (SSSR count). The van der Waals surface area contributed by atoms with E-state index in [1.807, 2.05) is 31.2 Å². The molecule has 0 spiro atoms. The van der Waals surface area contributed by atoms with Gasteiger partial charge in [-0.1, -0.05) is 26.0 Å². The lowest BCUT2D eigenvalue weighted by atomic mass is 9.87. The summed E-state index contributed by atoms with van der Waals surface area (Å²) < 4.78 is 22.2. The molecule has 1 aliphatic carbocycles. The summed E-state index contributed by atoms with van der Waals surface area (Å²) in [6.07, 6.45) is 5.31. The molecule has 40 heavy (non-hydrogen) atoms. The summed E-state index contributed by atoms with van der Waals surface area (Å²) in [7, 11) is 4.73. The summed E-state index contributed by atoms with van der Waals surface area (Å²) in [6.45, 7) is 5.09. The molecule has 0 radical (unpaired) electrons. The number of halogens is 1. The Bertz CT molecular complexity index is 1120. The van der Waals surface area contributed by atoms with Crippen LogP contribution in [0.4, 0.5) is 0 Å². The number of alkyl halides is 1. The van der Waals surface area contributed by atoms with Gasteiger partial charge < -0.3 is 29.2 Å². The Morgan fingerprint density at radius 1 is 0.950 bits per heavy atom. The number of rotatable bonds is 14. The van der Waals surface area contributed by atoms with E-state index >= 15 is 0 Å². The molecular weight excluding hydrogens is 532 g/mol. The van der Waals surface area contributed by atoms with Crippen molar-refractivity contribution in [1.82, 2.24) is 10.2 Å². The average molecular weight is 575 g/mol. The number of ether oxygens (including phenoxy) is 4. The van der Waals surface area contributed by atoms with E-state index in [2.05, 4.69) is 12.2 Å². The molecule has 0 unspecified atom stereocenters. The molecular formula is C31H43ClN2O6. The van der Waals surface area contributed by atoms with E-state index < -0.39 is 6.04 Å². The lowest BCUT2D eigenvalue weighted by Crippen LogP contribution is -2.48. The van der Waals surface area contributed by atoms with Gasteiger partial charge >= 0.3 is 0 Å². The molecule has 0 aromatic heterocycles. The zero-order valence-electron chi connectivity index (χ0n) is 24.3. The van der Waals surface area contributed by atoms with Gasteiger partial charge in [0.25, 0.3) is 0 Å². The molecule has 1 atom stereocenters. The first-order valence-electron chi connectivity index (χ1n) is 14.0. The number of benzene rings is 2. The van der Waals surface area contributed by atoms with Crippen LogP contribution in [0.15, 0.2) is 36.4 Å². The van der Waals surface area contributed by atoms with E-state index in [-0.39, 0.29) is 30.3 Å². The van der Waals surface area contributed by atoms with Gasteiger partial charge in [0, 0.05) is 12.6 Å². The molecule has 2 aromatic carbocycles. The van der Waals surface area contributed by atoms with Crippen molar-refractivity contribution in [3.05, 3.63) is 47.5 Å². The van der Waals surface area contributed by atoms with Crippen molar-refractivity contribution in [1.29, 1.82) is 0 Å². The van der Waals surface area contributed by atoms with Crippen molar-refractivity contribution < 1.29 is 28.5 Å². The van der Waals surface area contributed by atoms with Crippen LogP contribution in [0.2, 0.25) is 0 Å². The highest BCUT2D eigenvalue weighted by Gasteiger charge is 2.33. The summed E-state index contributed by atoms with van der Waals surface area (Å²) in [5.74, 6) is 2.17. The predicted molar refractivity (Wildman–Crippen MR) is 157 cm³/mol. The fourth-order valence-corrected chi connectivity index (χ4v) is 5.26. The zero-order chi connectivity index (χ0) is 29.1. The van der Waals surface area contributed by atoms with Crippen LogP contribution >= 0.6 is 11.6 Å². The molecule has 0 bridgehead atoms. The second kappa shape index (κ2) is 15.6. The summed E-state index contributed by atoms with van der Waals surface area (Å²) in [5, 5.41) is 3.23. The number of methoxy groups -OCH3 is 3. The van der Waals surface area contributed by atoms with Gasteiger partial charge in [0.15, 0.2) is 23.0 Å². The normalized spacial score (nSPS) is 17.4. The minimum absolute atomic E-state index is 0.0686. The Morgan fingerprint density at radius 2 is 1.60 bits per heavy atom. The maximum Gasteiger partial charge on any atom is 0.247 e. The second-order valence-corrected chi connectivity index (χ2v) is 10.6. The van der Waals surface area contributed by atoms with E-state index in [1.54, 1.807) is 38.4 Å². The number of hydrogen-bond acceptors (Lipinski definition) is 6. The molecule has 2 amide bonds. The van der Waals surface area contributed by atoms with Crippen LogP contribution in [-0.2, 0) is 16.0 Å². The largest absolute Gasteiger partial charge is 0.493 e. The van der Waals surface area contributed by atoms with Gasteiger partial charge in [0.1, 0.15) is 11.9 Å². The number of nitrogens with zero attached hydrogens (tertiary/aromatic N) is 1. The Balaban J connectivity index is 1.95. The maximum absolute atomic E-state index is 14.0. The average Bonchev–Trinajstić information content (AvgIpc) is 2.98. The molecule has 2 aromatic rings. The first kappa shape index (κ1) is 31.4. The van der Waals surface area contributed by atoms with Crippen molar-refractivity contribution in [2.45, 2.75) is 64.5 Å². The molecule has 1 aliphatic rings. The van der Waals surface area contributed by atoms with E-state index in [4.69, 9.17) is 30.5 Å². The summed E-state index contributed by atoms with van der Waals surface area (Å²) in [5.41, 5.74) is 1.57. The number of carbonyl (C=O) groups is 2. The van der Waals surface area contributed by atoms with E-state index in [9.17, 15) is 9.59 Å². The minimum Gasteiger partial charge on any atom is -0.493 e. The van der Waals surface area contributed by atoms with Crippen LogP contribution in [0, 0.1) is 5.92 Å². The van der Waals surface area contributed by atoms with Gasteiger partial charge in [-0.05, 0) is 79.8 Å². The van der Waals surface area contributed by atoms with Crippen LogP contribution < -0.4 is 24.3 Å². The number of nitrogens with one attached hydrogen (secondary N) is 1. The third kappa shape index (κ3) is 8.19. The van der Waals surface area contributed by atoms with Crippen LogP contribution in [0.1, 0.15) is 63.1 Å². The third-order valence-corrected chi connectivity index (χ3v) is 7.64. The Labute approximate surface area is 243 Å². The lowest BCUT2D eigenvalue weighted by molar-refractivity contribution is -0.139. The molecule has 9 heteroatoms. The van der Waals surface area contributed by atoms with E-state index in [0.717, 1.165) is 37.7 Å². The quantitative estimate of drug-likeness (QED) is 0.298. The highest BCUT2D eigenvalue weighted by atomic mass is 35.5. The highest BCUT2D eigenvalue weighted by Crippen LogP contribution is 2.34. The first-order chi connectivity index (χ1) is 19.3. The van der Waals surface area contributed by atoms with Gasteiger partial charge in [0.05, 0.1) is 27.9 Å². The number of amides is 2. The Kier molecular flexibility index (Phi) is 12.2. The molecule has 0 saturated heterocycles. The molecule has 1 N–H and O–H groups in total. The minimum atomic E-state index is -0.889. The first-order valence-corrected chi connectivity index (χ1v) is 14.6. The van der Waals surface area contributed by atoms with Crippen LogP contribution in [0.3, 0.4) is 0 Å². The van der Waals surface area contributed by atoms with Gasteiger partial charge in [-0.3, -0.25) is 9.59 Å². The summed E-state index contributed by atoms with van der Waals surface area (Å²) >= 11 is 6.10. The lowest BCUT2D eigenvalue weighted by Gasteiger charge is -2.34. The summed E-state index contributed by atoms with van der Waals surface area (Å²) in [4.78, 5) is 28.8. The molecule has 8 nitrogen and oxygen atoms in total. The second-order valence-electron chi connectivity index (χ2n) is 10.3. The van der Waals surface area contributed by atoms with Gasteiger partial charge in [-0.2, -0.15) is 0 Å². The maximum atomic E-state index is 14.0. The van der Waals surface area contributed by atoms with Crippen LogP contribution in [0.25, 0.3) is 0 Å². The van der Waals surface area contributed by atoms with Gasteiger partial charge in [-0.15, -0.1) is 11.6 Å². The topological polar surface area (TPSA) is 86.3 Å². The molecule has 1 fully saturated rings. The van der Waals surface area contributed by atoms with E-state index in [1.165, 1.54) is 0 Å².